The number of hydrogen-bond donors (Lipinski definition) is 1. The van der Waals surface area contributed by atoms with Crippen LogP contribution < -0.4 is 0 Å². The average molecular weight is 642 g/mol. The Kier molecular flexibility index (Phi) is 40.1. The molecular weight excluding hydrogens is 583 g/mol. The summed E-state index contributed by atoms with van der Waals surface area (Å²) in [5.41, 5.74) is 0. The predicted molar refractivity (Wildman–Crippen MR) is 162 cm³/mol. The Morgan fingerprint density at radius 1 is 0.381 bits per heavy atom. The minimum Gasteiger partial charge on any atom is -0.379 e. The summed E-state index contributed by atoms with van der Waals surface area (Å²) < 4.78 is 76.4. The maximum absolute atomic E-state index is 10.3. The number of hydrogen-bond acceptors (Lipinski definition) is 11. The Morgan fingerprint density at radius 3 is 0.905 bits per heavy atom. The zero-order valence-corrected chi connectivity index (χ0v) is 29.3. The Morgan fingerprint density at radius 2 is 0.619 bits per heavy atom. The van der Waals surface area contributed by atoms with Gasteiger partial charge in [-0.15, -0.1) is 0 Å². The van der Waals surface area contributed by atoms with Crippen LogP contribution in [0.5, 0.6) is 0 Å². The van der Waals surface area contributed by atoms with Gasteiger partial charge < -0.3 is 37.9 Å². The second-order valence-corrected chi connectivity index (χ2v) is 10.4. The molecule has 0 fully saturated rings. The quantitative estimate of drug-likeness (QED) is 0.0609. The standard InChI is InChI=1S/C28H58O12S.Na/c1-2-3-4-5-6-7-8-9-10-11-12-32-13-14-33-15-16-34-17-18-35-19-20-36-21-22-37-23-24-38-25-26-39-27-28-40-41(29,30)31;/h2-28H2,1H3,(H,29,30,31);. The summed E-state index contributed by atoms with van der Waals surface area (Å²) in [6.07, 6.45) is 13.3. The summed E-state index contributed by atoms with van der Waals surface area (Å²) in [5, 5.41) is 0. The molecule has 0 unspecified atom stereocenters. The van der Waals surface area contributed by atoms with E-state index in [-0.39, 0.29) is 49.4 Å². The third kappa shape index (κ3) is 42.7. The van der Waals surface area contributed by atoms with Crippen molar-refractivity contribution in [1.29, 1.82) is 0 Å². The summed E-state index contributed by atoms with van der Waals surface area (Å²) in [6, 6.07) is 0. The maximum atomic E-state index is 10.3. The number of ether oxygens (including phenoxy) is 8. The molecule has 42 heavy (non-hydrogen) atoms. The molecule has 0 amide bonds. The Balaban J connectivity index is 0. The fourth-order valence-electron chi connectivity index (χ4n) is 3.53. The van der Waals surface area contributed by atoms with Crippen molar-refractivity contribution in [3.05, 3.63) is 0 Å². The van der Waals surface area contributed by atoms with E-state index in [1.165, 1.54) is 57.8 Å². The van der Waals surface area contributed by atoms with Gasteiger partial charge in [-0.1, -0.05) is 64.7 Å². The first-order valence-corrected chi connectivity index (χ1v) is 16.7. The van der Waals surface area contributed by atoms with Crippen LogP contribution >= 0.6 is 0 Å². The Hall–Kier alpha value is 0.550. The van der Waals surface area contributed by atoms with Crippen molar-refractivity contribution in [2.45, 2.75) is 71.1 Å². The van der Waals surface area contributed by atoms with Crippen LogP contribution in [0.25, 0.3) is 0 Å². The number of rotatable bonds is 36. The molecule has 0 aromatic carbocycles. The van der Waals surface area contributed by atoms with Crippen molar-refractivity contribution in [3.8, 4) is 0 Å². The Bertz CT molecular complexity index is 601. The van der Waals surface area contributed by atoms with E-state index in [2.05, 4.69) is 11.1 Å². The minimum absolute atomic E-state index is 0. The molecular formula is C28H58NaO12S. The predicted octanol–water partition coefficient (Wildman–Crippen LogP) is 3.48. The molecule has 0 rings (SSSR count). The molecule has 0 heterocycles. The van der Waals surface area contributed by atoms with Crippen molar-refractivity contribution in [2.24, 2.45) is 0 Å². The molecule has 0 aromatic heterocycles. The van der Waals surface area contributed by atoms with E-state index in [9.17, 15) is 8.42 Å². The molecule has 1 N–H and O–H groups in total. The second kappa shape index (κ2) is 37.7. The molecule has 1 radical (unpaired) electrons. The van der Waals surface area contributed by atoms with Crippen molar-refractivity contribution in [2.75, 3.05) is 112 Å². The smallest absolute Gasteiger partial charge is 0.379 e. The topological polar surface area (TPSA) is 137 Å². The first-order valence-electron chi connectivity index (χ1n) is 15.3. The first-order chi connectivity index (χ1) is 20.1. The molecule has 0 saturated heterocycles. The minimum atomic E-state index is -4.41. The fourth-order valence-corrected chi connectivity index (χ4v) is 3.81. The summed E-state index contributed by atoms with van der Waals surface area (Å²) in [4.78, 5) is 0. The van der Waals surface area contributed by atoms with Crippen molar-refractivity contribution < 1.29 is 55.0 Å². The molecule has 0 bridgehead atoms. The van der Waals surface area contributed by atoms with Crippen LogP contribution in [0, 0.1) is 0 Å². The van der Waals surface area contributed by atoms with Gasteiger partial charge in [-0.3, -0.25) is 4.55 Å². The van der Waals surface area contributed by atoms with E-state index >= 15 is 0 Å². The second-order valence-electron chi connectivity index (χ2n) is 9.33. The monoisotopic (exact) mass is 641 g/mol. The van der Waals surface area contributed by atoms with E-state index in [1.807, 2.05) is 0 Å². The molecule has 14 heteroatoms. The molecule has 0 spiro atoms. The summed E-state index contributed by atoms with van der Waals surface area (Å²) >= 11 is 0. The summed E-state index contributed by atoms with van der Waals surface area (Å²) in [7, 11) is -4.41. The Labute approximate surface area is 277 Å². The van der Waals surface area contributed by atoms with Crippen LogP contribution in [0.4, 0.5) is 0 Å². The normalized spacial score (nSPS) is 11.7. The van der Waals surface area contributed by atoms with Crippen LogP contribution in [-0.4, -0.2) is 155 Å². The van der Waals surface area contributed by atoms with E-state index in [0.717, 1.165) is 13.0 Å². The van der Waals surface area contributed by atoms with Crippen molar-refractivity contribution in [3.63, 3.8) is 0 Å². The fraction of sp³-hybridized carbons (Fsp3) is 1.00. The van der Waals surface area contributed by atoms with E-state index in [1.54, 1.807) is 0 Å². The van der Waals surface area contributed by atoms with Gasteiger partial charge in [0.15, 0.2) is 0 Å². The van der Waals surface area contributed by atoms with Gasteiger partial charge in [0.1, 0.15) is 0 Å². The van der Waals surface area contributed by atoms with Gasteiger partial charge in [-0.05, 0) is 6.42 Å². The summed E-state index contributed by atoms with van der Waals surface area (Å²) in [6.45, 7) is 9.61. The van der Waals surface area contributed by atoms with Gasteiger partial charge in [0.2, 0.25) is 0 Å². The molecule has 0 aliphatic heterocycles. The maximum Gasteiger partial charge on any atom is 0.397 e. The van der Waals surface area contributed by atoms with Gasteiger partial charge in [0, 0.05) is 36.2 Å². The molecule has 12 nitrogen and oxygen atoms in total. The van der Waals surface area contributed by atoms with Gasteiger partial charge in [0.05, 0.1) is 106 Å². The van der Waals surface area contributed by atoms with Crippen molar-refractivity contribution in [1.82, 2.24) is 0 Å². The molecule has 0 aliphatic rings. The molecule has 0 aliphatic carbocycles. The zero-order chi connectivity index (χ0) is 30.0. The van der Waals surface area contributed by atoms with Crippen molar-refractivity contribution >= 4 is 40.0 Å². The van der Waals surface area contributed by atoms with E-state index in [4.69, 9.17) is 42.4 Å². The van der Waals surface area contributed by atoms with Gasteiger partial charge in [0.25, 0.3) is 0 Å². The third-order valence-electron chi connectivity index (χ3n) is 5.71. The van der Waals surface area contributed by atoms with Crippen LogP contribution in [-0.2, 0) is 52.5 Å². The molecule has 249 valence electrons. The zero-order valence-electron chi connectivity index (χ0n) is 26.4. The molecule has 0 atom stereocenters. The number of unbranched alkanes of at least 4 members (excludes halogenated alkanes) is 9. The molecule has 0 saturated carbocycles. The van der Waals surface area contributed by atoms with E-state index < -0.39 is 10.4 Å². The van der Waals surface area contributed by atoms with Gasteiger partial charge in [-0.2, -0.15) is 8.42 Å². The molecule has 0 aromatic rings. The summed E-state index contributed by atoms with van der Waals surface area (Å²) in [5.74, 6) is 0. The van der Waals surface area contributed by atoms with Gasteiger partial charge >= 0.3 is 10.4 Å². The van der Waals surface area contributed by atoms with Crippen LogP contribution in [0.3, 0.4) is 0 Å². The largest absolute Gasteiger partial charge is 0.397 e. The van der Waals surface area contributed by atoms with Crippen LogP contribution in [0.1, 0.15) is 71.1 Å². The SMILES string of the molecule is CCCCCCCCCCCCOCCOCCOCCOCCOCCOCCOCCOCCOS(=O)(=O)O.[Na]. The van der Waals surface area contributed by atoms with Gasteiger partial charge in [-0.25, -0.2) is 4.18 Å². The van der Waals surface area contributed by atoms with Crippen LogP contribution in [0.2, 0.25) is 0 Å². The average Bonchev–Trinajstić information content (AvgIpc) is 2.94. The van der Waals surface area contributed by atoms with Crippen LogP contribution in [0.15, 0.2) is 0 Å². The first kappa shape index (κ1) is 44.7. The van der Waals surface area contributed by atoms with E-state index in [0.29, 0.717) is 85.9 Å². The third-order valence-corrected chi connectivity index (χ3v) is 6.17.